The van der Waals surface area contributed by atoms with Crippen LogP contribution in [0.2, 0.25) is 0 Å². The fourth-order valence-corrected chi connectivity index (χ4v) is 2.72. The molecule has 0 saturated heterocycles. The summed E-state index contributed by atoms with van der Waals surface area (Å²) in [6.45, 7) is 4.52. The maximum atomic E-state index is 13.6. The summed E-state index contributed by atoms with van der Waals surface area (Å²) in [5, 5.41) is 12.0. The lowest BCUT2D eigenvalue weighted by atomic mass is 10.1. The Morgan fingerprint density at radius 1 is 1.28 bits per heavy atom. The molecule has 0 fully saturated rings. The Kier molecular flexibility index (Phi) is 5.50. The van der Waals surface area contributed by atoms with Crippen molar-refractivity contribution in [2.24, 2.45) is 0 Å². The highest BCUT2D eigenvalue weighted by atomic mass is 19.1. The molecule has 3 aromatic rings. The summed E-state index contributed by atoms with van der Waals surface area (Å²) in [5.41, 5.74) is 0.655. The highest BCUT2D eigenvalue weighted by molar-refractivity contribution is 5.99. The molecule has 3 rings (SSSR count). The molecule has 1 amide bonds. The Balaban J connectivity index is 1.77. The Morgan fingerprint density at radius 2 is 1.97 bits per heavy atom. The number of esters is 1. The highest BCUT2D eigenvalue weighted by Crippen LogP contribution is 2.26. The van der Waals surface area contributed by atoms with Crippen molar-refractivity contribution in [1.29, 1.82) is 5.26 Å². The molecule has 1 aromatic carbocycles. The second-order valence-corrected chi connectivity index (χ2v) is 6.42. The summed E-state index contributed by atoms with van der Waals surface area (Å²) >= 11 is 0. The summed E-state index contributed by atoms with van der Waals surface area (Å²) in [4.78, 5) is 24.9. The second kappa shape index (κ2) is 8.02. The number of furan rings is 1. The lowest BCUT2D eigenvalue weighted by molar-refractivity contribution is -0.123. The molecule has 148 valence electrons. The first-order valence-corrected chi connectivity index (χ1v) is 8.76. The average molecular weight is 395 g/mol. The molecule has 1 atom stereocenters. The van der Waals surface area contributed by atoms with E-state index in [9.17, 15) is 19.2 Å². The van der Waals surface area contributed by atoms with Crippen LogP contribution in [-0.2, 0) is 9.53 Å². The van der Waals surface area contributed by atoms with E-state index >= 15 is 0 Å². The Labute approximate surface area is 166 Å². The van der Waals surface area contributed by atoms with E-state index in [0.717, 1.165) is 0 Å². The van der Waals surface area contributed by atoms with Crippen molar-refractivity contribution in [2.45, 2.75) is 26.9 Å². The molecule has 2 heterocycles. The number of amides is 1. The summed E-state index contributed by atoms with van der Waals surface area (Å²) in [6, 6.07) is 9.69. The summed E-state index contributed by atoms with van der Waals surface area (Å²) in [5.74, 6) is -1.57. The summed E-state index contributed by atoms with van der Waals surface area (Å²) in [7, 11) is 0. The number of halogens is 1. The van der Waals surface area contributed by atoms with Crippen LogP contribution in [0.25, 0.3) is 5.88 Å². The minimum Gasteiger partial charge on any atom is -0.449 e. The molecule has 2 aromatic heterocycles. The minimum absolute atomic E-state index is 0.0110. The molecule has 0 unspecified atom stereocenters. The Morgan fingerprint density at radius 3 is 2.59 bits per heavy atom. The lowest BCUT2D eigenvalue weighted by Crippen LogP contribution is -2.30. The van der Waals surface area contributed by atoms with Gasteiger partial charge in [0.1, 0.15) is 28.8 Å². The molecule has 0 spiro atoms. The number of nitriles is 1. The van der Waals surface area contributed by atoms with Crippen LogP contribution in [-0.4, -0.2) is 22.5 Å². The number of carbonyl (C=O) groups excluding carboxylic acids is 2. The van der Waals surface area contributed by atoms with Gasteiger partial charge in [0, 0.05) is 18.1 Å². The van der Waals surface area contributed by atoms with Crippen molar-refractivity contribution >= 4 is 17.6 Å². The molecule has 0 aliphatic heterocycles. The first kappa shape index (κ1) is 19.9. The van der Waals surface area contributed by atoms with Gasteiger partial charge in [-0.15, -0.1) is 0 Å². The third-order valence-corrected chi connectivity index (χ3v) is 4.31. The number of carbonyl (C=O) groups is 2. The predicted molar refractivity (Wildman–Crippen MR) is 102 cm³/mol. The van der Waals surface area contributed by atoms with Crippen molar-refractivity contribution < 1.29 is 23.1 Å². The molecule has 0 radical (unpaired) electrons. The fraction of sp³-hybridized carbons (Fsp3) is 0.190. The van der Waals surface area contributed by atoms with Gasteiger partial charge in [-0.3, -0.25) is 9.36 Å². The number of rotatable bonds is 5. The molecule has 8 heteroatoms. The van der Waals surface area contributed by atoms with Gasteiger partial charge in [-0.1, -0.05) is 6.07 Å². The van der Waals surface area contributed by atoms with E-state index in [-0.39, 0.29) is 28.5 Å². The number of aromatic nitrogens is 1. The van der Waals surface area contributed by atoms with E-state index in [1.54, 1.807) is 42.1 Å². The van der Waals surface area contributed by atoms with E-state index in [0.29, 0.717) is 5.56 Å². The van der Waals surface area contributed by atoms with Crippen molar-refractivity contribution in [2.75, 3.05) is 5.32 Å². The second-order valence-electron chi connectivity index (χ2n) is 6.42. The zero-order valence-electron chi connectivity index (χ0n) is 16.0. The lowest BCUT2D eigenvalue weighted by Gasteiger charge is -2.13. The molecule has 7 nitrogen and oxygen atoms in total. The van der Waals surface area contributed by atoms with Crippen LogP contribution in [0, 0.1) is 31.0 Å². The number of nitrogens with one attached hydrogen (secondary N) is 1. The number of benzene rings is 1. The molecule has 0 saturated carbocycles. The molecular weight excluding hydrogens is 377 g/mol. The monoisotopic (exact) mass is 395 g/mol. The quantitative estimate of drug-likeness (QED) is 0.661. The highest BCUT2D eigenvalue weighted by Gasteiger charge is 2.28. The number of anilines is 1. The average Bonchev–Trinajstić information content (AvgIpc) is 3.31. The van der Waals surface area contributed by atoms with Gasteiger partial charge < -0.3 is 14.5 Å². The predicted octanol–water partition coefficient (Wildman–Crippen LogP) is 3.88. The SMILES string of the molecule is Cc1ccc(NC(=O)[C@H](C)OC(=O)c2c(C)oc(-n3cccc3)c2C#N)cc1F. The van der Waals surface area contributed by atoms with Crippen LogP contribution in [0.4, 0.5) is 10.1 Å². The van der Waals surface area contributed by atoms with Gasteiger partial charge in [0.15, 0.2) is 6.10 Å². The summed E-state index contributed by atoms with van der Waals surface area (Å²) < 4.78 is 26.0. The third-order valence-electron chi connectivity index (χ3n) is 4.31. The molecule has 0 bridgehead atoms. The largest absolute Gasteiger partial charge is 0.449 e. The van der Waals surface area contributed by atoms with Crippen molar-refractivity contribution in [3.05, 3.63) is 71.0 Å². The van der Waals surface area contributed by atoms with Crippen LogP contribution < -0.4 is 5.32 Å². The van der Waals surface area contributed by atoms with Crippen LogP contribution in [0.15, 0.2) is 47.1 Å². The normalized spacial score (nSPS) is 11.6. The van der Waals surface area contributed by atoms with Gasteiger partial charge >= 0.3 is 5.97 Å². The molecule has 29 heavy (non-hydrogen) atoms. The topological polar surface area (TPSA) is 97.3 Å². The third kappa shape index (κ3) is 4.04. The fourth-order valence-electron chi connectivity index (χ4n) is 2.72. The minimum atomic E-state index is -1.18. The van der Waals surface area contributed by atoms with Crippen molar-refractivity contribution in [3.63, 3.8) is 0 Å². The number of ether oxygens (including phenoxy) is 1. The van der Waals surface area contributed by atoms with E-state index in [1.165, 1.54) is 26.0 Å². The smallest absolute Gasteiger partial charge is 0.343 e. The number of hydrogen-bond donors (Lipinski definition) is 1. The van der Waals surface area contributed by atoms with Gasteiger partial charge in [0.05, 0.1) is 0 Å². The van der Waals surface area contributed by atoms with E-state index in [4.69, 9.17) is 9.15 Å². The zero-order valence-corrected chi connectivity index (χ0v) is 16.0. The first-order valence-electron chi connectivity index (χ1n) is 8.76. The van der Waals surface area contributed by atoms with E-state index in [1.807, 2.05) is 6.07 Å². The van der Waals surface area contributed by atoms with Crippen LogP contribution >= 0.6 is 0 Å². The van der Waals surface area contributed by atoms with Gasteiger partial charge in [-0.25, -0.2) is 9.18 Å². The summed E-state index contributed by atoms with van der Waals surface area (Å²) in [6.07, 6.45) is 2.17. The van der Waals surface area contributed by atoms with E-state index < -0.39 is 23.8 Å². The van der Waals surface area contributed by atoms with Gasteiger partial charge in [0.25, 0.3) is 5.91 Å². The van der Waals surface area contributed by atoms with Crippen LogP contribution in [0.1, 0.15) is 34.2 Å². The maximum Gasteiger partial charge on any atom is 0.343 e. The van der Waals surface area contributed by atoms with Gasteiger partial charge in [-0.05, 0) is 50.6 Å². The molecule has 0 aliphatic carbocycles. The molecule has 1 N–H and O–H groups in total. The van der Waals surface area contributed by atoms with Crippen LogP contribution in [0.3, 0.4) is 0 Å². The standard InChI is InChI=1S/C21H18FN3O4/c1-12-6-7-15(10-17(12)22)24-19(26)14(3)29-21(27)18-13(2)28-20(16(18)11-23)25-8-4-5-9-25/h4-10,14H,1-3H3,(H,24,26)/t14-/m0/s1. The number of nitrogens with zero attached hydrogens (tertiary/aromatic N) is 2. The Hall–Kier alpha value is -3.86. The van der Waals surface area contributed by atoms with Gasteiger partial charge in [-0.2, -0.15) is 5.26 Å². The van der Waals surface area contributed by atoms with Crippen LogP contribution in [0.5, 0.6) is 0 Å². The Bertz CT molecular complexity index is 1110. The van der Waals surface area contributed by atoms with Crippen molar-refractivity contribution in [1.82, 2.24) is 4.57 Å². The molecular formula is C21H18FN3O4. The first-order chi connectivity index (χ1) is 13.8. The maximum absolute atomic E-state index is 13.6. The van der Waals surface area contributed by atoms with E-state index in [2.05, 4.69) is 5.32 Å². The number of hydrogen-bond acceptors (Lipinski definition) is 5. The molecule has 0 aliphatic rings. The van der Waals surface area contributed by atoms with Crippen molar-refractivity contribution in [3.8, 4) is 12.0 Å². The number of aryl methyl sites for hydroxylation is 2. The zero-order chi connectivity index (χ0) is 21.1. The van der Waals surface area contributed by atoms with Gasteiger partial charge in [0.2, 0.25) is 5.88 Å².